The molecule has 2 heteroatoms. The summed E-state index contributed by atoms with van der Waals surface area (Å²) >= 11 is 0. The molecule has 72 valence electrons. The van der Waals surface area contributed by atoms with Gasteiger partial charge < -0.3 is 4.90 Å². The highest BCUT2D eigenvalue weighted by molar-refractivity contribution is 6.33. The van der Waals surface area contributed by atoms with Gasteiger partial charge in [0.2, 0.25) is 0 Å². The first-order chi connectivity index (χ1) is 5.85. The summed E-state index contributed by atoms with van der Waals surface area (Å²) in [5, 5.41) is 0. The Balaban J connectivity index is 3.34. The molecule has 0 fully saturated rings. The fourth-order valence-corrected chi connectivity index (χ4v) is 1.96. The molecule has 0 spiro atoms. The number of rotatable bonds is 8. The maximum absolute atomic E-state index is 2.60. The molecule has 0 rings (SSSR count). The molecule has 12 heavy (non-hydrogen) atoms. The van der Waals surface area contributed by atoms with Crippen LogP contribution in [0.4, 0.5) is 0 Å². The molecule has 0 aromatic rings. The highest BCUT2D eigenvalue weighted by Gasteiger charge is 2.00. The van der Waals surface area contributed by atoms with Gasteiger partial charge in [0, 0.05) is 9.52 Å². The fraction of sp³-hybridized carbons (Fsp3) is 1.00. The molecule has 0 bridgehead atoms. The van der Waals surface area contributed by atoms with Crippen LogP contribution in [0, 0.1) is 0 Å². The van der Waals surface area contributed by atoms with Crippen molar-refractivity contribution in [1.29, 1.82) is 0 Å². The van der Waals surface area contributed by atoms with E-state index in [0.29, 0.717) is 0 Å². The smallest absolute Gasteiger partial charge is 0.0343 e. The molecule has 0 aromatic carbocycles. The Morgan fingerprint density at radius 3 is 2.00 bits per heavy atom. The Kier molecular flexibility index (Phi) is 9.40. The summed E-state index contributed by atoms with van der Waals surface area (Å²) in [6.45, 7) is 10.7. The molecule has 0 saturated heterocycles. The molecule has 0 amide bonds. The first-order valence-electron chi connectivity index (χ1n) is 5.22. The van der Waals surface area contributed by atoms with E-state index >= 15 is 0 Å². The van der Waals surface area contributed by atoms with Gasteiger partial charge in [-0.25, -0.2) is 0 Å². The molecule has 0 unspecified atom stereocenters. The lowest BCUT2D eigenvalue weighted by molar-refractivity contribution is 0.275. The summed E-state index contributed by atoms with van der Waals surface area (Å²) in [7, 11) is 1.13. The van der Waals surface area contributed by atoms with E-state index in [1.807, 2.05) is 0 Å². The van der Waals surface area contributed by atoms with Crippen molar-refractivity contribution in [2.24, 2.45) is 0 Å². The van der Waals surface area contributed by atoms with Crippen LogP contribution < -0.4 is 0 Å². The van der Waals surface area contributed by atoms with Gasteiger partial charge in [0.1, 0.15) is 0 Å². The van der Waals surface area contributed by atoms with Crippen LogP contribution >= 0.6 is 0 Å². The molecule has 0 aliphatic rings. The van der Waals surface area contributed by atoms with E-state index in [1.54, 1.807) is 0 Å². The summed E-state index contributed by atoms with van der Waals surface area (Å²) in [5.74, 6) is 0. The van der Waals surface area contributed by atoms with Crippen LogP contribution in [0.15, 0.2) is 0 Å². The van der Waals surface area contributed by atoms with Crippen molar-refractivity contribution < 1.29 is 0 Å². The normalized spacial score (nSPS) is 11.0. The lowest BCUT2D eigenvalue weighted by Crippen LogP contribution is -2.26. The Bertz CT molecular complexity index is 79.9. The highest BCUT2D eigenvalue weighted by Crippen LogP contribution is 1.98. The zero-order chi connectivity index (χ0) is 9.23. The number of hydrogen-bond donors (Lipinski definition) is 0. The number of nitrogens with zero attached hydrogens (tertiary/aromatic N) is 1. The molecular weight excluding hydrogens is 162 g/mol. The minimum atomic E-state index is 1.13. The van der Waals surface area contributed by atoms with Gasteiger partial charge in [-0.1, -0.05) is 26.4 Å². The third kappa shape index (κ3) is 6.86. The largest absolute Gasteiger partial charge is 0.303 e. The average molecular weight is 185 g/mol. The van der Waals surface area contributed by atoms with E-state index in [4.69, 9.17) is 0 Å². The molecule has 0 heterocycles. The maximum atomic E-state index is 2.60. The van der Waals surface area contributed by atoms with Crippen LogP contribution in [0.5, 0.6) is 0 Å². The first kappa shape index (κ1) is 12.2. The highest BCUT2D eigenvalue weighted by atomic mass is 28.2. The lowest BCUT2D eigenvalue weighted by Gasteiger charge is -2.20. The minimum Gasteiger partial charge on any atom is -0.303 e. The van der Waals surface area contributed by atoms with Crippen molar-refractivity contribution >= 4 is 9.52 Å². The van der Waals surface area contributed by atoms with Crippen molar-refractivity contribution in [1.82, 2.24) is 4.90 Å². The van der Waals surface area contributed by atoms with Crippen LogP contribution in [-0.4, -0.2) is 34.1 Å². The lowest BCUT2D eigenvalue weighted by atomic mass is 10.3. The molecule has 0 atom stereocenters. The van der Waals surface area contributed by atoms with Crippen LogP contribution in [0.2, 0.25) is 12.6 Å². The van der Waals surface area contributed by atoms with Crippen molar-refractivity contribution in [2.45, 2.75) is 45.7 Å². The molecule has 2 radical (unpaired) electrons. The van der Waals surface area contributed by atoms with Crippen molar-refractivity contribution in [2.75, 3.05) is 19.6 Å². The Labute approximate surface area is 80.4 Å². The summed E-state index contributed by atoms with van der Waals surface area (Å²) in [5.41, 5.74) is 0. The van der Waals surface area contributed by atoms with Gasteiger partial charge in [-0.05, 0) is 38.9 Å². The van der Waals surface area contributed by atoms with Gasteiger partial charge in [-0.3, -0.25) is 0 Å². The zero-order valence-corrected chi connectivity index (χ0v) is 9.90. The molecular formula is C10H23NSi. The fourth-order valence-electron chi connectivity index (χ4n) is 1.45. The standard InChI is InChI=1S/C10H23NSi/c1-4-7-11(8-5-2)9-6-10-12-3/h4-10H2,1-3H3. The van der Waals surface area contributed by atoms with Crippen molar-refractivity contribution in [3.05, 3.63) is 0 Å². The molecule has 0 aromatic heterocycles. The molecule has 0 N–H and O–H groups in total. The monoisotopic (exact) mass is 185 g/mol. The SMILES string of the molecule is CCCN(CCC)CCC[Si]C. The first-order valence-corrected chi connectivity index (χ1v) is 6.92. The summed E-state index contributed by atoms with van der Waals surface area (Å²) in [6, 6.07) is 1.42. The van der Waals surface area contributed by atoms with Gasteiger partial charge in [-0.15, -0.1) is 0 Å². The third-order valence-corrected chi connectivity index (χ3v) is 2.83. The van der Waals surface area contributed by atoms with E-state index in [-0.39, 0.29) is 0 Å². The van der Waals surface area contributed by atoms with E-state index in [0.717, 1.165) is 9.52 Å². The summed E-state index contributed by atoms with van der Waals surface area (Å²) < 4.78 is 0. The molecule has 0 aliphatic heterocycles. The van der Waals surface area contributed by atoms with E-state index in [9.17, 15) is 0 Å². The van der Waals surface area contributed by atoms with E-state index in [1.165, 1.54) is 44.9 Å². The maximum Gasteiger partial charge on any atom is 0.0343 e. The minimum absolute atomic E-state index is 1.13. The van der Waals surface area contributed by atoms with Gasteiger partial charge in [0.25, 0.3) is 0 Å². The second-order valence-corrected chi connectivity index (χ2v) is 4.51. The van der Waals surface area contributed by atoms with Gasteiger partial charge >= 0.3 is 0 Å². The predicted molar refractivity (Wildman–Crippen MR) is 58.1 cm³/mol. The second kappa shape index (κ2) is 9.27. The Hall–Kier alpha value is 0.177. The molecule has 1 nitrogen and oxygen atoms in total. The Morgan fingerprint density at radius 2 is 1.58 bits per heavy atom. The Morgan fingerprint density at radius 1 is 1.00 bits per heavy atom. The van der Waals surface area contributed by atoms with E-state index in [2.05, 4.69) is 25.3 Å². The summed E-state index contributed by atoms with van der Waals surface area (Å²) in [4.78, 5) is 2.60. The van der Waals surface area contributed by atoms with E-state index < -0.39 is 0 Å². The third-order valence-electron chi connectivity index (χ3n) is 1.98. The van der Waals surface area contributed by atoms with Crippen molar-refractivity contribution in [3.8, 4) is 0 Å². The molecule has 0 saturated carbocycles. The summed E-state index contributed by atoms with van der Waals surface area (Å²) in [6.07, 6.45) is 4.00. The van der Waals surface area contributed by atoms with Crippen LogP contribution in [-0.2, 0) is 0 Å². The van der Waals surface area contributed by atoms with Crippen LogP contribution in [0.25, 0.3) is 0 Å². The second-order valence-electron chi connectivity index (χ2n) is 3.30. The van der Waals surface area contributed by atoms with Gasteiger partial charge in [0.15, 0.2) is 0 Å². The van der Waals surface area contributed by atoms with Crippen LogP contribution in [0.3, 0.4) is 0 Å². The zero-order valence-electron chi connectivity index (χ0n) is 8.90. The van der Waals surface area contributed by atoms with Crippen molar-refractivity contribution in [3.63, 3.8) is 0 Å². The quantitative estimate of drug-likeness (QED) is 0.415. The average Bonchev–Trinajstić information content (AvgIpc) is 2.06. The van der Waals surface area contributed by atoms with Gasteiger partial charge in [0.05, 0.1) is 0 Å². The topological polar surface area (TPSA) is 3.24 Å². The van der Waals surface area contributed by atoms with Crippen LogP contribution in [0.1, 0.15) is 33.1 Å². The molecule has 0 aliphatic carbocycles. The van der Waals surface area contributed by atoms with Gasteiger partial charge in [-0.2, -0.15) is 0 Å². The predicted octanol–water partition coefficient (Wildman–Crippen LogP) is 2.67. The number of hydrogen-bond acceptors (Lipinski definition) is 1.